The first-order chi connectivity index (χ1) is 15.5. The monoisotopic (exact) mass is 486 g/mol. The van der Waals surface area contributed by atoms with Gasteiger partial charge in [-0.05, 0) is 11.6 Å². The van der Waals surface area contributed by atoms with Gasteiger partial charge >= 0.3 is 6.18 Å². The number of ether oxygens (including phenoxy) is 1. The molecule has 1 unspecified atom stereocenters. The number of hydrazine groups is 1. The molecular weight excluding hydrogens is 465 g/mol. The number of carbonyl (C=O) groups excluding carboxylic acids is 1. The fraction of sp³-hybridized carbons (Fsp3) is 0.421. The predicted octanol–water partition coefficient (Wildman–Crippen LogP) is 1.48. The van der Waals surface area contributed by atoms with Gasteiger partial charge in [0.05, 0.1) is 31.1 Å². The largest absolute Gasteiger partial charge is 0.421 e. The number of hydrogen-bond acceptors (Lipinski definition) is 8. The molecule has 1 amide bonds. The molecule has 1 saturated heterocycles. The summed E-state index contributed by atoms with van der Waals surface area (Å²) < 4.78 is 70.7. The first kappa shape index (κ1) is 23.2. The standard InChI is InChI=1S/C19H21F3N6O4S/c1-33(30,31)27-6-7-32-13(11-27)9-23-17-14(19(20,21)22)10-24-18(25-17)26-28-15-5-3-2-4-12(15)8-16(28)29/h2-5,10,13H,6-9,11H2,1H3,(H2,23,24,25,26). The molecule has 0 saturated carbocycles. The third-order valence-corrected chi connectivity index (χ3v) is 6.47. The van der Waals surface area contributed by atoms with E-state index in [4.69, 9.17) is 4.74 Å². The highest BCUT2D eigenvalue weighted by atomic mass is 32.2. The molecule has 2 aliphatic rings. The minimum atomic E-state index is -4.73. The fourth-order valence-corrected chi connectivity index (χ4v) is 4.43. The van der Waals surface area contributed by atoms with E-state index in [2.05, 4.69) is 20.7 Å². The highest BCUT2D eigenvalue weighted by Crippen LogP contribution is 2.34. The molecule has 33 heavy (non-hydrogen) atoms. The average molecular weight is 486 g/mol. The maximum Gasteiger partial charge on any atom is 0.421 e. The van der Waals surface area contributed by atoms with Crippen LogP contribution in [-0.4, -0.2) is 67.2 Å². The van der Waals surface area contributed by atoms with Gasteiger partial charge in [-0.25, -0.2) is 18.4 Å². The number of halogens is 3. The summed E-state index contributed by atoms with van der Waals surface area (Å²) in [7, 11) is -3.45. The third-order valence-electron chi connectivity index (χ3n) is 5.20. The van der Waals surface area contributed by atoms with Gasteiger partial charge in [-0.2, -0.15) is 22.5 Å². The van der Waals surface area contributed by atoms with Crippen LogP contribution in [0.25, 0.3) is 0 Å². The van der Waals surface area contributed by atoms with Gasteiger partial charge in [0.1, 0.15) is 11.4 Å². The first-order valence-corrected chi connectivity index (χ1v) is 11.8. The lowest BCUT2D eigenvalue weighted by molar-refractivity contribution is -0.137. The van der Waals surface area contributed by atoms with Crippen LogP contribution in [0.4, 0.5) is 30.6 Å². The zero-order valence-corrected chi connectivity index (χ0v) is 18.3. The minimum Gasteiger partial charge on any atom is -0.374 e. The van der Waals surface area contributed by atoms with Crippen LogP contribution >= 0.6 is 0 Å². The highest BCUT2D eigenvalue weighted by Gasteiger charge is 2.36. The van der Waals surface area contributed by atoms with Gasteiger partial charge in [-0.3, -0.25) is 10.2 Å². The van der Waals surface area contributed by atoms with Crippen LogP contribution in [0.2, 0.25) is 0 Å². The van der Waals surface area contributed by atoms with E-state index < -0.39 is 33.7 Å². The number of aromatic nitrogens is 2. The molecule has 0 aliphatic carbocycles. The molecule has 178 valence electrons. The van der Waals surface area contributed by atoms with Crippen molar-refractivity contribution < 1.29 is 31.1 Å². The van der Waals surface area contributed by atoms with Crippen LogP contribution in [-0.2, 0) is 32.2 Å². The second-order valence-corrected chi connectivity index (χ2v) is 9.58. The molecule has 1 atom stereocenters. The quantitative estimate of drug-likeness (QED) is 0.631. The minimum absolute atomic E-state index is 0.00242. The van der Waals surface area contributed by atoms with E-state index in [1.54, 1.807) is 24.3 Å². The number of sulfonamides is 1. The van der Waals surface area contributed by atoms with Crippen molar-refractivity contribution in [2.75, 3.05) is 48.2 Å². The molecule has 1 aromatic heterocycles. The number of morpholine rings is 1. The molecule has 0 spiro atoms. The Hall–Kier alpha value is -2.97. The van der Waals surface area contributed by atoms with Gasteiger partial charge in [0.2, 0.25) is 21.9 Å². The number of hydrogen-bond donors (Lipinski definition) is 2. The summed E-state index contributed by atoms with van der Waals surface area (Å²) in [5.74, 6) is -1.02. The van der Waals surface area contributed by atoms with Crippen LogP contribution in [0.5, 0.6) is 0 Å². The number of amides is 1. The number of para-hydroxylation sites is 1. The molecule has 0 bridgehead atoms. The average Bonchev–Trinajstić information content (AvgIpc) is 3.06. The Balaban J connectivity index is 1.53. The third kappa shape index (κ3) is 5.17. The Kier molecular flexibility index (Phi) is 6.16. The Morgan fingerprint density at radius 2 is 2.03 bits per heavy atom. The van der Waals surface area contributed by atoms with Crippen LogP contribution in [0.15, 0.2) is 30.5 Å². The lowest BCUT2D eigenvalue weighted by atomic mass is 10.2. The molecule has 10 nitrogen and oxygen atoms in total. The SMILES string of the molecule is CS(=O)(=O)N1CCOC(CNc2nc(NN3C(=O)Cc4ccccc43)ncc2C(F)(F)F)C1. The van der Waals surface area contributed by atoms with Gasteiger partial charge in [-0.15, -0.1) is 0 Å². The normalized spacial score (nSPS) is 19.5. The van der Waals surface area contributed by atoms with Crippen LogP contribution in [0.3, 0.4) is 0 Å². The first-order valence-electron chi connectivity index (χ1n) is 9.95. The number of alkyl halides is 3. The fourth-order valence-electron chi connectivity index (χ4n) is 3.58. The smallest absolute Gasteiger partial charge is 0.374 e. The van der Waals surface area contributed by atoms with Crippen LogP contribution in [0.1, 0.15) is 11.1 Å². The number of nitrogens with one attached hydrogen (secondary N) is 2. The molecule has 4 rings (SSSR count). The summed E-state index contributed by atoms with van der Waals surface area (Å²) in [5.41, 5.74) is 2.90. The molecule has 2 aromatic rings. The lowest BCUT2D eigenvalue weighted by Crippen LogP contribution is -2.47. The Morgan fingerprint density at radius 1 is 1.27 bits per heavy atom. The Labute approximate surface area is 187 Å². The molecule has 3 heterocycles. The maximum absolute atomic E-state index is 13.5. The predicted molar refractivity (Wildman–Crippen MR) is 113 cm³/mol. The highest BCUT2D eigenvalue weighted by molar-refractivity contribution is 7.88. The van der Waals surface area contributed by atoms with Crippen molar-refractivity contribution in [2.45, 2.75) is 18.7 Å². The van der Waals surface area contributed by atoms with E-state index >= 15 is 0 Å². The lowest BCUT2D eigenvalue weighted by Gasteiger charge is -2.31. The number of benzene rings is 1. The van der Waals surface area contributed by atoms with Crippen LogP contribution in [0, 0.1) is 0 Å². The number of nitrogens with zero attached hydrogens (tertiary/aromatic N) is 4. The molecule has 14 heteroatoms. The van der Waals surface area contributed by atoms with Crippen molar-refractivity contribution in [3.63, 3.8) is 0 Å². The van der Waals surface area contributed by atoms with Crippen molar-refractivity contribution in [1.29, 1.82) is 0 Å². The van der Waals surface area contributed by atoms with Crippen molar-refractivity contribution in [1.82, 2.24) is 14.3 Å². The summed E-state index contributed by atoms with van der Waals surface area (Å²) in [5, 5.41) is 3.79. The summed E-state index contributed by atoms with van der Waals surface area (Å²) in [4.78, 5) is 20.0. The van der Waals surface area contributed by atoms with Gasteiger partial charge < -0.3 is 10.1 Å². The second kappa shape index (κ2) is 8.76. The van der Waals surface area contributed by atoms with Gasteiger partial charge in [-0.1, -0.05) is 18.2 Å². The number of carbonyl (C=O) groups is 1. The number of anilines is 3. The van der Waals surface area contributed by atoms with Crippen molar-refractivity contribution in [3.05, 3.63) is 41.6 Å². The van der Waals surface area contributed by atoms with Gasteiger partial charge in [0.15, 0.2) is 0 Å². The van der Waals surface area contributed by atoms with Crippen LogP contribution < -0.4 is 15.8 Å². The van der Waals surface area contributed by atoms with Gasteiger partial charge in [0.25, 0.3) is 0 Å². The van der Waals surface area contributed by atoms with Gasteiger partial charge in [0, 0.05) is 25.8 Å². The summed E-state index contributed by atoms with van der Waals surface area (Å²) in [6.45, 7) is 0.189. The summed E-state index contributed by atoms with van der Waals surface area (Å²) in [6.07, 6.45) is -3.58. The van der Waals surface area contributed by atoms with E-state index in [0.717, 1.165) is 11.8 Å². The molecule has 0 radical (unpaired) electrons. The van der Waals surface area contributed by atoms with E-state index in [0.29, 0.717) is 11.9 Å². The van der Waals surface area contributed by atoms with Crippen molar-refractivity contribution in [2.24, 2.45) is 0 Å². The van der Waals surface area contributed by atoms with E-state index in [9.17, 15) is 26.4 Å². The zero-order valence-electron chi connectivity index (χ0n) is 17.5. The molecular formula is C19H21F3N6O4S. The van der Waals surface area contributed by atoms with E-state index in [-0.39, 0.29) is 44.5 Å². The zero-order chi connectivity index (χ0) is 23.8. The van der Waals surface area contributed by atoms with E-state index in [1.807, 2.05) is 0 Å². The Morgan fingerprint density at radius 3 is 2.76 bits per heavy atom. The topological polar surface area (TPSA) is 117 Å². The number of rotatable bonds is 6. The summed E-state index contributed by atoms with van der Waals surface area (Å²) >= 11 is 0. The Bertz CT molecular complexity index is 1160. The molecule has 1 aromatic carbocycles. The second-order valence-electron chi connectivity index (χ2n) is 7.59. The maximum atomic E-state index is 13.5. The number of fused-ring (bicyclic) bond motifs is 1. The summed E-state index contributed by atoms with van der Waals surface area (Å²) in [6, 6.07) is 6.99. The molecule has 2 aliphatic heterocycles. The van der Waals surface area contributed by atoms with Crippen molar-refractivity contribution >= 4 is 33.4 Å². The molecule has 2 N–H and O–H groups in total. The molecule has 1 fully saturated rings. The van der Waals surface area contributed by atoms with Crippen molar-refractivity contribution in [3.8, 4) is 0 Å². The van der Waals surface area contributed by atoms with E-state index in [1.165, 1.54) is 9.31 Å².